The fourth-order valence-corrected chi connectivity index (χ4v) is 5.83. The van der Waals surface area contributed by atoms with Gasteiger partial charge in [0.1, 0.15) is 5.57 Å². The molecule has 1 N–H and O–H groups in total. The van der Waals surface area contributed by atoms with Gasteiger partial charge in [0.05, 0.1) is 11.4 Å². The lowest BCUT2D eigenvalue weighted by Crippen LogP contribution is -2.58. The number of hydrogen-bond acceptors (Lipinski definition) is 3. The molecule has 6 nitrogen and oxygen atoms in total. The fraction of sp³-hybridized carbons (Fsp3) is 0.182. The molecule has 40 heavy (non-hydrogen) atoms. The zero-order chi connectivity index (χ0) is 27.6. The van der Waals surface area contributed by atoms with Crippen molar-refractivity contribution in [3.05, 3.63) is 107 Å². The van der Waals surface area contributed by atoms with Crippen molar-refractivity contribution in [2.24, 2.45) is 0 Å². The van der Waals surface area contributed by atoms with Crippen molar-refractivity contribution in [3.63, 3.8) is 0 Å². The van der Waals surface area contributed by atoms with Crippen LogP contribution >= 0.6 is 11.6 Å². The van der Waals surface area contributed by atoms with Gasteiger partial charge in [-0.2, -0.15) is 0 Å². The van der Waals surface area contributed by atoms with E-state index in [-0.39, 0.29) is 11.6 Å². The number of halogens is 1. The zero-order valence-corrected chi connectivity index (χ0v) is 22.6. The highest BCUT2D eigenvalue weighted by molar-refractivity contribution is 6.31. The topological polar surface area (TPSA) is 71.4 Å². The van der Waals surface area contributed by atoms with Crippen LogP contribution in [0.4, 0.5) is 4.79 Å². The first-order valence-electron chi connectivity index (χ1n) is 13.5. The summed E-state index contributed by atoms with van der Waals surface area (Å²) in [6, 6.07) is 28.5. The Morgan fingerprint density at radius 2 is 1.40 bits per heavy atom. The van der Waals surface area contributed by atoms with Crippen molar-refractivity contribution in [2.75, 3.05) is 0 Å². The first-order valence-corrected chi connectivity index (χ1v) is 13.9. The molecule has 3 aromatic carbocycles. The number of carbonyl (C=O) groups excluding carboxylic acids is 3. The molecule has 0 radical (unpaired) electrons. The first kappa shape index (κ1) is 25.8. The van der Waals surface area contributed by atoms with Gasteiger partial charge in [0.2, 0.25) is 0 Å². The summed E-state index contributed by atoms with van der Waals surface area (Å²) in [6.45, 7) is 0. The summed E-state index contributed by atoms with van der Waals surface area (Å²) in [5.41, 5.74) is 5.11. The van der Waals surface area contributed by atoms with E-state index < -0.39 is 17.8 Å². The predicted molar refractivity (Wildman–Crippen MR) is 157 cm³/mol. The van der Waals surface area contributed by atoms with Crippen molar-refractivity contribution in [2.45, 2.75) is 38.1 Å². The third-order valence-corrected chi connectivity index (χ3v) is 7.86. The second-order valence-electron chi connectivity index (χ2n) is 10.2. The third-order valence-electron chi connectivity index (χ3n) is 7.60. The highest BCUT2D eigenvalue weighted by Crippen LogP contribution is 2.38. The number of benzene rings is 3. The van der Waals surface area contributed by atoms with Crippen LogP contribution in [-0.2, 0) is 9.59 Å². The number of amides is 4. The Balaban J connectivity index is 1.57. The van der Waals surface area contributed by atoms with E-state index in [1.165, 1.54) is 4.90 Å². The minimum Gasteiger partial charge on any atom is -0.309 e. The van der Waals surface area contributed by atoms with Gasteiger partial charge < -0.3 is 4.57 Å². The maximum Gasteiger partial charge on any atom is 0.331 e. The van der Waals surface area contributed by atoms with Gasteiger partial charge in [0, 0.05) is 22.3 Å². The Morgan fingerprint density at radius 1 is 0.775 bits per heavy atom. The van der Waals surface area contributed by atoms with Crippen LogP contribution in [0.3, 0.4) is 0 Å². The number of barbiturate groups is 1. The molecule has 0 atom stereocenters. The molecule has 7 heteroatoms. The van der Waals surface area contributed by atoms with Gasteiger partial charge in [-0.3, -0.25) is 19.8 Å². The van der Waals surface area contributed by atoms with E-state index in [0.29, 0.717) is 10.6 Å². The van der Waals surface area contributed by atoms with Gasteiger partial charge in [0.25, 0.3) is 11.8 Å². The highest BCUT2D eigenvalue weighted by Gasteiger charge is 2.40. The maximum absolute atomic E-state index is 13.7. The molecule has 0 spiro atoms. The van der Waals surface area contributed by atoms with E-state index in [1.54, 1.807) is 6.08 Å². The van der Waals surface area contributed by atoms with E-state index in [0.717, 1.165) is 60.3 Å². The van der Waals surface area contributed by atoms with Gasteiger partial charge in [-0.15, -0.1) is 0 Å². The zero-order valence-electron chi connectivity index (χ0n) is 21.8. The lowest BCUT2D eigenvalue weighted by molar-refractivity contribution is -0.132. The Hall–Kier alpha value is -4.42. The second kappa shape index (κ2) is 11.0. The number of imide groups is 2. The number of nitrogens with one attached hydrogen (secondary N) is 1. The van der Waals surface area contributed by atoms with E-state index in [2.05, 4.69) is 9.88 Å². The number of carbonyl (C=O) groups is 3. The van der Waals surface area contributed by atoms with Crippen molar-refractivity contribution < 1.29 is 14.4 Å². The van der Waals surface area contributed by atoms with Crippen LogP contribution in [0.5, 0.6) is 0 Å². The largest absolute Gasteiger partial charge is 0.331 e. The summed E-state index contributed by atoms with van der Waals surface area (Å²) in [7, 11) is 0. The van der Waals surface area contributed by atoms with Gasteiger partial charge in [0.15, 0.2) is 0 Å². The van der Waals surface area contributed by atoms with Crippen LogP contribution in [-0.4, -0.2) is 33.4 Å². The van der Waals surface area contributed by atoms with E-state index >= 15 is 0 Å². The molecular formula is C33H28ClN3O3. The maximum atomic E-state index is 13.7. The molecule has 1 aliphatic heterocycles. The molecule has 1 saturated heterocycles. The second-order valence-corrected chi connectivity index (χ2v) is 10.6. The molecule has 4 amide bonds. The monoisotopic (exact) mass is 549 g/mol. The van der Waals surface area contributed by atoms with Crippen molar-refractivity contribution in [3.8, 4) is 28.2 Å². The molecule has 1 saturated carbocycles. The number of hydrogen-bond donors (Lipinski definition) is 1. The van der Waals surface area contributed by atoms with Crippen LogP contribution in [0.25, 0.3) is 34.3 Å². The van der Waals surface area contributed by atoms with Gasteiger partial charge >= 0.3 is 6.03 Å². The molecule has 1 aliphatic carbocycles. The molecule has 200 valence electrons. The van der Waals surface area contributed by atoms with Gasteiger partial charge in [-0.1, -0.05) is 91.5 Å². The molecule has 4 aromatic rings. The Labute approximate surface area is 237 Å². The third kappa shape index (κ3) is 4.87. The molecule has 2 aliphatic rings. The minimum absolute atomic E-state index is 0.0461. The number of urea groups is 1. The molecule has 6 rings (SSSR count). The molecule has 0 bridgehead atoms. The first-order chi connectivity index (χ1) is 19.5. The Morgan fingerprint density at radius 3 is 2.05 bits per heavy atom. The summed E-state index contributed by atoms with van der Waals surface area (Å²) in [5, 5.41) is 3.04. The standard InChI is InChI=1S/C33H28ClN3O3/c34-25-16-18-27(19-17-25)36-29(22-10-4-1-5-11-22)21-24(30(36)23-12-6-2-7-13-23)20-28-31(38)35-33(40)37(32(28)39)26-14-8-3-9-15-26/h1-2,4-7,10-13,16-21,26H,3,8-9,14-15H2,(H,35,38,40). The number of nitrogens with zero attached hydrogens (tertiary/aromatic N) is 2. The van der Waals surface area contributed by atoms with Crippen molar-refractivity contribution in [1.82, 2.24) is 14.8 Å². The summed E-state index contributed by atoms with van der Waals surface area (Å²) in [4.78, 5) is 40.9. The van der Waals surface area contributed by atoms with Gasteiger partial charge in [-0.05, 0) is 60.4 Å². The van der Waals surface area contributed by atoms with Crippen LogP contribution in [0.1, 0.15) is 37.7 Å². The number of rotatable bonds is 5. The summed E-state index contributed by atoms with van der Waals surface area (Å²) >= 11 is 6.24. The summed E-state index contributed by atoms with van der Waals surface area (Å²) in [5.74, 6) is -1.22. The molecule has 2 fully saturated rings. The Kier molecular flexibility index (Phi) is 7.10. The van der Waals surface area contributed by atoms with E-state index in [4.69, 9.17) is 11.6 Å². The molecule has 0 unspecified atom stereocenters. The van der Waals surface area contributed by atoms with Crippen molar-refractivity contribution in [1.29, 1.82) is 0 Å². The molecular weight excluding hydrogens is 522 g/mol. The summed E-state index contributed by atoms with van der Waals surface area (Å²) in [6.07, 6.45) is 6.13. The lowest BCUT2D eigenvalue weighted by atomic mass is 9.93. The summed E-state index contributed by atoms with van der Waals surface area (Å²) < 4.78 is 2.11. The van der Waals surface area contributed by atoms with Gasteiger partial charge in [-0.25, -0.2) is 4.79 Å². The smallest absolute Gasteiger partial charge is 0.309 e. The normalized spacial score (nSPS) is 17.4. The van der Waals surface area contributed by atoms with E-state index in [1.807, 2.05) is 91.0 Å². The average molecular weight is 550 g/mol. The predicted octanol–water partition coefficient (Wildman–Crippen LogP) is 7.26. The van der Waals surface area contributed by atoms with Crippen LogP contribution in [0.2, 0.25) is 5.02 Å². The van der Waals surface area contributed by atoms with Crippen LogP contribution < -0.4 is 5.32 Å². The van der Waals surface area contributed by atoms with Crippen LogP contribution in [0.15, 0.2) is 96.6 Å². The Bertz CT molecular complexity index is 1600. The van der Waals surface area contributed by atoms with Crippen LogP contribution in [0, 0.1) is 0 Å². The van der Waals surface area contributed by atoms with Crippen molar-refractivity contribution >= 4 is 35.5 Å². The van der Waals surface area contributed by atoms with E-state index in [9.17, 15) is 14.4 Å². The number of aromatic nitrogens is 1. The quantitative estimate of drug-likeness (QED) is 0.210. The molecule has 2 heterocycles. The average Bonchev–Trinajstić information content (AvgIpc) is 3.36. The minimum atomic E-state index is -0.679. The lowest BCUT2D eigenvalue weighted by Gasteiger charge is -2.35. The SMILES string of the molecule is O=C1NC(=O)N(C2CCCCC2)C(=O)C1=Cc1cc(-c2ccccc2)n(-c2ccc(Cl)cc2)c1-c1ccccc1. The highest BCUT2D eigenvalue weighted by atomic mass is 35.5. The molecule has 1 aromatic heterocycles. The fourth-order valence-electron chi connectivity index (χ4n) is 5.71.